The van der Waals surface area contributed by atoms with E-state index >= 15 is 0 Å². The van der Waals surface area contributed by atoms with Crippen molar-refractivity contribution in [2.75, 3.05) is 19.6 Å². The number of hydrogen-bond acceptors (Lipinski definition) is 3. The fraction of sp³-hybridized carbons (Fsp3) is 0.667. The number of pyridine rings is 1. The van der Waals surface area contributed by atoms with Gasteiger partial charge < -0.3 is 9.88 Å². The van der Waals surface area contributed by atoms with Gasteiger partial charge in [0, 0.05) is 44.0 Å². The molecule has 1 fully saturated rings. The van der Waals surface area contributed by atoms with E-state index in [-0.39, 0.29) is 5.56 Å². The zero-order valence-corrected chi connectivity index (χ0v) is 12.0. The molecular weight excluding hydrogens is 238 g/mol. The first-order chi connectivity index (χ1) is 9.16. The molecule has 0 amide bonds. The molecule has 1 unspecified atom stereocenters. The molecule has 1 saturated heterocycles. The Bertz CT molecular complexity index is 441. The van der Waals surface area contributed by atoms with Crippen molar-refractivity contribution >= 4 is 0 Å². The van der Waals surface area contributed by atoms with E-state index in [4.69, 9.17) is 0 Å². The maximum absolute atomic E-state index is 11.7. The number of rotatable bonds is 6. The van der Waals surface area contributed by atoms with E-state index in [0.717, 1.165) is 26.2 Å². The summed E-state index contributed by atoms with van der Waals surface area (Å²) >= 11 is 0. The van der Waals surface area contributed by atoms with Gasteiger partial charge in [0.2, 0.25) is 0 Å². The molecule has 0 spiro atoms. The molecule has 19 heavy (non-hydrogen) atoms. The maximum Gasteiger partial charge on any atom is 0.250 e. The fourth-order valence-corrected chi connectivity index (χ4v) is 2.67. The Balaban J connectivity index is 1.84. The van der Waals surface area contributed by atoms with Crippen LogP contribution >= 0.6 is 0 Å². The SMILES string of the molecule is CC(C)NCC1CCCN1CCn1ccccc1=O. The molecule has 0 radical (unpaired) electrons. The highest BCUT2D eigenvalue weighted by Crippen LogP contribution is 2.16. The maximum atomic E-state index is 11.7. The van der Waals surface area contributed by atoms with Crippen LogP contribution in [0.1, 0.15) is 26.7 Å². The summed E-state index contributed by atoms with van der Waals surface area (Å²) in [5.41, 5.74) is 0.0959. The third-order valence-electron chi connectivity index (χ3n) is 3.79. The van der Waals surface area contributed by atoms with Crippen LogP contribution in [-0.2, 0) is 6.54 Å². The van der Waals surface area contributed by atoms with Crippen molar-refractivity contribution in [3.05, 3.63) is 34.7 Å². The summed E-state index contributed by atoms with van der Waals surface area (Å²) in [5, 5.41) is 3.52. The Labute approximate surface area is 115 Å². The predicted octanol–water partition coefficient (Wildman–Crippen LogP) is 1.31. The quantitative estimate of drug-likeness (QED) is 0.841. The zero-order valence-electron chi connectivity index (χ0n) is 12.0. The van der Waals surface area contributed by atoms with Crippen LogP contribution in [0.15, 0.2) is 29.2 Å². The zero-order chi connectivity index (χ0) is 13.7. The van der Waals surface area contributed by atoms with Crippen molar-refractivity contribution in [2.24, 2.45) is 0 Å². The van der Waals surface area contributed by atoms with E-state index in [0.29, 0.717) is 12.1 Å². The van der Waals surface area contributed by atoms with Gasteiger partial charge in [0.05, 0.1) is 0 Å². The number of nitrogens with zero attached hydrogens (tertiary/aromatic N) is 2. The summed E-state index contributed by atoms with van der Waals surface area (Å²) in [6.45, 7) is 8.34. The fourth-order valence-electron chi connectivity index (χ4n) is 2.67. The van der Waals surface area contributed by atoms with Gasteiger partial charge in [-0.2, -0.15) is 0 Å². The van der Waals surface area contributed by atoms with E-state index in [1.807, 2.05) is 12.3 Å². The molecule has 0 bridgehead atoms. The molecule has 2 rings (SSSR count). The van der Waals surface area contributed by atoms with Gasteiger partial charge >= 0.3 is 0 Å². The summed E-state index contributed by atoms with van der Waals surface area (Å²) in [4.78, 5) is 14.2. The van der Waals surface area contributed by atoms with Gasteiger partial charge in [-0.3, -0.25) is 9.69 Å². The number of nitrogens with one attached hydrogen (secondary N) is 1. The van der Waals surface area contributed by atoms with E-state index in [2.05, 4.69) is 24.1 Å². The van der Waals surface area contributed by atoms with Crippen molar-refractivity contribution < 1.29 is 0 Å². The van der Waals surface area contributed by atoms with Crippen LogP contribution in [0.3, 0.4) is 0 Å². The molecule has 4 nitrogen and oxygen atoms in total. The second-order valence-corrected chi connectivity index (χ2v) is 5.63. The first-order valence-electron chi connectivity index (χ1n) is 7.29. The molecule has 1 aromatic rings. The molecule has 0 aliphatic carbocycles. The van der Waals surface area contributed by atoms with Gasteiger partial charge in [0.1, 0.15) is 0 Å². The van der Waals surface area contributed by atoms with Gasteiger partial charge in [-0.15, -0.1) is 0 Å². The first kappa shape index (κ1) is 14.3. The highest BCUT2D eigenvalue weighted by molar-refractivity contribution is 4.93. The molecule has 1 aliphatic rings. The van der Waals surface area contributed by atoms with Crippen molar-refractivity contribution in [3.63, 3.8) is 0 Å². The minimum Gasteiger partial charge on any atom is -0.314 e. The molecule has 0 aromatic carbocycles. The summed E-state index contributed by atoms with van der Waals surface area (Å²) in [6.07, 6.45) is 4.41. The second-order valence-electron chi connectivity index (χ2n) is 5.63. The number of likely N-dealkylation sites (tertiary alicyclic amines) is 1. The minimum atomic E-state index is 0.0959. The Hall–Kier alpha value is -1.13. The molecule has 1 atom stereocenters. The summed E-state index contributed by atoms with van der Waals surface area (Å²) in [7, 11) is 0. The van der Waals surface area contributed by atoms with E-state index in [1.54, 1.807) is 16.7 Å². The summed E-state index contributed by atoms with van der Waals surface area (Å²) < 4.78 is 1.80. The third-order valence-corrected chi connectivity index (χ3v) is 3.79. The van der Waals surface area contributed by atoms with Gasteiger partial charge in [0.25, 0.3) is 5.56 Å². The number of aromatic nitrogens is 1. The van der Waals surface area contributed by atoms with E-state index < -0.39 is 0 Å². The lowest BCUT2D eigenvalue weighted by atomic mass is 10.2. The van der Waals surface area contributed by atoms with Crippen LogP contribution in [0.25, 0.3) is 0 Å². The largest absolute Gasteiger partial charge is 0.314 e. The Morgan fingerprint density at radius 3 is 2.95 bits per heavy atom. The van der Waals surface area contributed by atoms with Crippen LogP contribution in [0.4, 0.5) is 0 Å². The molecule has 2 heterocycles. The van der Waals surface area contributed by atoms with Crippen molar-refractivity contribution in [1.82, 2.24) is 14.8 Å². The Kier molecular flexibility index (Phi) is 5.16. The van der Waals surface area contributed by atoms with Crippen LogP contribution in [0.2, 0.25) is 0 Å². The van der Waals surface area contributed by atoms with Crippen LogP contribution < -0.4 is 10.9 Å². The van der Waals surface area contributed by atoms with Gasteiger partial charge in [0.15, 0.2) is 0 Å². The minimum absolute atomic E-state index is 0.0959. The highest BCUT2D eigenvalue weighted by Gasteiger charge is 2.23. The van der Waals surface area contributed by atoms with Crippen LogP contribution in [-0.4, -0.2) is 41.2 Å². The van der Waals surface area contributed by atoms with Crippen LogP contribution in [0, 0.1) is 0 Å². The lowest BCUT2D eigenvalue weighted by Crippen LogP contribution is -2.41. The lowest BCUT2D eigenvalue weighted by Gasteiger charge is -2.25. The molecule has 4 heteroatoms. The van der Waals surface area contributed by atoms with E-state index in [9.17, 15) is 4.79 Å². The van der Waals surface area contributed by atoms with Crippen molar-refractivity contribution in [1.29, 1.82) is 0 Å². The predicted molar refractivity (Wildman–Crippen MR) is 78.4 cm³/mol. The molecule has 1 N–H and O–H groups in total. The molecule has 1 aliphatic heterocycles. The average molecular weight is 263 g/mol. The Morgan fingerprint density at radius 1 is 1.37 bits per heavy atom. The monoisotopic (exact) mass is 263 g/mol. The third kappa shape index (κ3) is 4.18. The molecule has 0 saturated carbocycles. The first-order valence-corrected chi connectivity index (χ1v) is 7.29. The van der Waals surface area contributed by atoms with Gasteiger partial charge in [-0.05, 0) is 25.5 Å². The summed E-state index contributed by atoms with van der Waals surface area (Å²) in [6, 6.07) is 6.51. The van der Waals surface area contributed by atoms with Gasteiger partial charge in [-0.25, -0.2) is 0 Å². The normalized spacial score (nSPS) is 20.3. The van der Waals surface area contributed by atoms with Gasteiger partial charge in [-0.1, -0.05) is 19.9 Å². The molecule has 106 valence electrons. The summed E-state index contributed by atoms with van der Waals surface area (Å²) in [5.74, 6) is 0. The van der Waals surface area contributed by atoms with Crippen molar-refractivity contribution in [2.45, 2.75) is 45.3 Å². The van der Waals surface area contributed by atoms with Crippen LogP contribution in [0.5, 0.6) is 0 Å². The standard InChI is InChI=1S/C15H25N3O/c1-13(2)16-12-14-6-5-9-17(14)10-11-18-8-4-3-7-15(18)19/h3-4,7-8,13-14,16H,5-6,9-12H2,1-2H3. The molecular formula is C15H25N3O. The Morgan fingerprint density at radius 2 is 2.21 bits per heavy atom. The smallest absolute Gasteiger partial charge is 0.250 e. The van der Waals surface area contributed by atoms with Crippen molar-refractivity contribution in [3.8, 4) is 0 Å². The topological polar surface area (TPSA) is 37.3 Å². The lowest BCUT2D eigenvalue weighted by molar-refractivity contribution is 0.234. The highest BCUT2D eigenvalue weighted by atomic mass is 16.1. The van der Waals surface area contributed by atoms with E-state index in [1.165, 1.54) is 12.8 Å². The molecule has 1 aromatic heterocycles. The average Bonchev–Trinajstić information content (AvgIpc) is 2.83. The second kappa shape index (κ2) is 6.87. The number of hydrogen-bond donors (Lipinski definition) is 1.